The van der Waals surface area contributed by atoms with E-state index in [1.54, 1.807) is 0 Å². The van der Waals surface area contributed by atoms with Gasteiger partial charge in [0, 0.05) is 43.7 Å². The molecule has 0 saturated carbocycles. The minimum absolute atomic E-state index is 0.893. The number of furan rings is 2. The fourth-order valence-electron chi connectivity index (χ4n) is 7.78. The van der Waals surface area contributed by atoms with Crippen molar-refractivity contribution in [1.29, 1.82) is 0 Å². The van der Waals surface area contributed by atoms with Crippen LogP contribution in [0.15, 0.2) is 154 Å². The standard InChI is InChI=1S/C42H24N2O2/c1-2-10-25(11-3-1)43-33-15-7-4-13-30(33)39-35(43)21-19-28-29-20-22-36-40(42(29)46-41(28)39)31-14-5-8-16-34(31)44(36)26-18-23-38-32(24-26)27-12-6-9-17-37(27)45-38/h1-24H. The maximum atomic E-state index is 7.07. The first-order valence-electron chi connectivity index (χ1n) is 15.6. The van der Waals surface area contributed by atoms with E-state index in [2.05, 4.69) is 143 Å². The maximum Gasteiger partial charge on any atom is 0.145 e. The highest BCUT2D eigenvalue weighted by atomic mass is 16.3. The van der Waals surface area contributed by atoms with Crippen LogP contribution in [-0.2, 0) is 0 Å². The van der Waals surface area contributed by atoms with Gasteiger partial charge in [-0.25, -0.2) is 0 Å². The zero-order chi connectivity index (χ0) is 29.9. The molecule has 0 amide bonds. The first-order valence-corrected chi connectivity index (χ1v) is 15.6. The third kappa shape index (κ3) is 3.03. The zero-order valence-corrected chi connectivity index (χ0v) is 24.6. The molecule has 4 aromatic heterocycles. The monoisotopic (exact) mass is 588 g/mol. The largest absolute Gasteiger partial charge is 0.456 e. The Morgan fingerprint density at radius 1 is 0.326 bits per heavy atom. The number of rotatable bonds is 2. The molecule has 0 N–H and O–H groups in total. The van der Waals surface area contributed by atoms with Gasteiger partial charge >= 0.3 is 0 Å². The lowest BCUT2D eigenvalue weighted by Crippen LogP contribution is -1.93. The van der Waals surface area contributed by atoms with E-state index in [9.17, 15) is 0 Å². The highest BCUT2D eigenvalue weighted by molar-refractivity contribution is 6.29. The van der Waals surface area contributed by atoms with Crippen molar-refractivity contribution in [3.8, 4) is 11.4 Å². The number of fused-ring (bicyclic) bond motifs is 14. The van der Waals surface area contributed by atoms with E-state index >= 15 is 0 Å². The van der Waals surface area contributed by atoms with Crippen LogP contribution in [0.25, 0.3) is 98.9 Å². The zero-order valence-electron chi connectivity index (χ0n) is 24.6. The number of hydrogen-bond donors (Lipinski definition) is 0. The van der Waals surface area contributed by atoms with Gasteiger partial charge in [-0.2, -0.15) is 0 Å². The van der Waals surface area contributed by atoms with Gasteiger partial charge in [-0.05, 0) is 72.8 Å². The average Bonchev–Trinajstić information content (AvgIpc) is 3.85. The van der Waals surface area contributed by atoms with Crippen LogP contribution >= 0.6 is 0 Å². The number of benzene rings is 7. The van der Waals surface area contributed by atoms with Crippen LogP contribution in [0.2, 0.25) is 0 Å². The van der Waals surface area contributed by atoms with Crippen molar-refractivity contribution in [3.63, 3.8) is 0 Å². The minimum atomic E-state index is 0.893. The van der Waals surface area contributed by atoms with Crippen LogP contribution in [-0.4, -0.2) is 9.13 Å². The molecule has 0 aliphatic carbocycles. The van der Waals surface area contributed by atoms with Gasteiger partial charge in [0.25, 0.3) is 0 Å². The Morgan fingerprint density at radius 3 is 1.54 bits per heavy atom. The van der Waals surface area contributed by atoms with Crippen LogP contribution in [0.1, 0.15) is 0 Å². The summed E-state index contributed by atoms with van der Waals surface area (Å²) in [4.78, 5) is 0. The van der Waals surface area contributed by atoms with E-state index in [1.807, 2.05) is 12.1 Å². The SMILES string of the molecule is c1ccc(-n2c3ccccc3c3c4oc5c(ccc6c5c5ccccc5n6-c5ccc6oc7ccccc7c6c5)c4ccc32)cc1. The second-order valence-corrected chi connectivity index (χ2v) is 12.1. The van der Waals surface area contributed by atoms with E-state index in [0.29, 0.717) is 0 Å². The molecule has 4 heteroatoms. The maximum absolute atomic E-state index is 7.07. The summed E-state index contributed by atoms with van der Waals surface area (Å²) in [6.07, 6.45) is 0. The second-order valence-electron chi connectivity index (χ2n) is 12.1. The van der Waals surface area contributed by atoms with E-state index in [4.69, 9.17) is 8.83 Å². The number of para-hydroxylation sites is 4. The van der Waals surface area contributed by atoms with Crippen molar-refractivity contribution in [2.75, 3.05) is 0 Å². The highest BCUT2D eigenvalue weighted by Crippen LogP contribution is 2.45. The van der Waals surface area contributed by atoms with Gasteiger partial charge in [0.05, 0.1) is 32.8 Å². The normalized spacial score (nSPS) is 12.3. The Labute approximate surface area is 261 Å². The Balaban J connectivity index is 1.26. The summed E-state index contributed by atoms with van der Waals surface area (Å²) in [6.45, 7) is 0. The van der Waals surface area contributed by atoms with Crippen molar-refractivity contribution < 1.29 is 8.83 Å². The molecule has 0 atom stereocenters. The number of aromatic nitrogens is 2. The molecule has 46 heavy (non-hydrogen) atoms. The predicted molar refractivity (Wildman–Crippen MR) is 190 cm³/mol. The molecule has 0 saturated heterocycles. The highest BCUT2D eigenvalue weighted by Gasteiger charge is 2.22. The van der Waals surface area contributed by atoms with Crippen molar-refractivity contribution in [1.82, 2.24) is 9.13 Å². The van der Waals surface area contributed by atoms with E-state index in [-0.39, 0.29) is 0 Å². The lowest BCUT2D eigenvalue weighted by molar-refractivity contribution is 0.669. The average molecular weight is 589 g/mol. The molecule has 0 aliphatic rings. The summed E-state index contributed by atoms with van der Waals surface area (Å²) < 4.78 is 17.9. The van der Waals surface area contributed by atoms with Gasteiger partial charge in [-0.3, -0.25) is 0 Å². The Hall–Kier alpha value is -6.26. The summed E-state index contributed by atoms with van der Waals surface area (Å²) in [7, 11) is 0. The van der Waals surface area contributed by atoms with Crippen LogP contribution < -0.4 is 0 Å². The summed E-state index contributed by atoms with van der Waals surface area (Å²) in [5.41, 5.74) is 10.4. The predicted octanol–water partition coefficient (Wildman–Crippen LogP) is 11.7. The van der Waals surface area contributed by atoms with Crippen LogP contribution in [0, 0.1) is 0 Å². The van der Waals surface area contributed by atoms with Crippen molar-refractivity contribution in [2.45, 2.75) is 0 Å². The van der Waals surface area contributed by atoms with Gasteiger partial charge in [0.2, 0.25) is 0 Å². The third-order valence-corrected chi connectivity index (χ3v) is 9.71. The van der Waals surface area contributed by atoms with Crippen molar-refractivity contribution in [2.24, 2.45) is 0 Å². The smallest absolute Gasteiger partial charge is 0.145 e. The van der Waals surface area contributed by atoms with Gasteiger partial charge in [0.15, 0.2) is 0 Å². The molecule has 0 fully saturated rings. The first-order chi connectivity index (χ1) is 22.8. The molecular formula is C42H24N2O2. The van der Waals surface area contributed by atoms with E-state index in [0.717, 1.165) is 82.6 Å². The molecule has 0 radical (unpaired) electrons. The fourth-order valence-corrected chi connectivity index (χ4v) is 7.78. The summed E-state index contributed by atoms with van der Waals surface area (Å²) >= 11 is 0. The summed E-state index contributed by atoms with van der Waals surface area (Å²) in [6, 6.07) is 51.5. The minimum Gasteiger partial charge on any atom is -0.456 e. The molecule has 0 aliphatic heterocycles. The van der Waals surface area contributed by atoms with Crippen LogP contribution in [0.4, 0.5) is 0 Å². The molecule has 11 rings (SSSR count). The van der Waals surface area contributed by atoms with Crippen molar-refractivity contribution in [3.05, 3.63) is 146 Å². The fraction of sp³-hybridized carbons (Fsp3) is 0. The van der Waals surface area contributed by atoms with E-state index < -0.39 is 0 Å². The molecule has 7 aromatic carbocycles. The Kier molecular flexibility index (Phi) is 4.55. The summed E-state index contributed by atoms with van der Waals surface area (Å²) in [5, 5.41) is 9.11. The van der Waals surface area contributed by atoms with Crippen LogP contribution in [0.5, 0.6) is 0 Å². The number of nitrogens with zero attached hydrogens (tertiary/aromatic N) is 2. The molecular weight excluding hydrogens is 564 g/mol. The lowest BCUT2D eigenvalue weighted by Gasteiger charge is -2.08. The first kappa shape index (κ1) is 24.1. The number of hydrogen-bond acceptors (Lipinski definition) is 2. The molecule has 214 valence electrons. The van der Waals surface area contributed by atoms with Gasteiger partial charge in [-0.1, -0.05) is 72.8 Å². The quantitative estimate of drug-likeness (QED) is 0.201. The Morgan fingerprint density at radius 2 is 0.870 bits per heavy atom. The molecule has 4 nitrogen and oxygen atoms in total. The molecule has 0 bridgehead atoms. The van der Waals surface area contributed by atoms with Crippen molar-refractivity contribution >= 4 is 87.5 Å². The molecule has 4 heterocycles. The molecule has 0 spiro atoms. The second kappa shape index (κ2) is 8.68. The Bertz CT molecular complexity index is 3020. The van der Waals surface area contributed by atoms with Crippen LogP contribution in [0.3, 0.4) is 0 Å². The molecule has 11 aromatic rings. The topological polar surface area (TPSA) is 36.1 Å². The summed E-state index contributed by atoms with van der Waals surface area (Å²) in [5.74, 6) is 0. The van der Waals surface area contributed by atoms with Gasteiger partial charge in [0.1, 0.15) is 22.3 Å². The third-order valence-electron chi connectivity index (χ3n) is 9.71. The van der Waals surface area contributed by atoms with Gasteiger partial charge < -0.3 is 18.0 Å². The van der Waals surface area contributed by atoms with E-state index in [1.165, 1.54) is 16.3 Å². The molecule has 0 unspecified atom stereocenters. The van der Waals surface area contributed by atoms with Gasteiger partial charge in [-0.15, -0.1) is 0 Å². The lowest BCUT2D eigenvalue weighted by atomic mass is 10.1.